The maximum Gasteiger partial charge on any atom is 0.0298 e. The molecule has 0 aliphatic carbocycles. The zero-order valence-corrected chi connectivity index (χ0v) is 18.8. The van der Waals surface area contributed by atoms with Crippen molar-refractivity contribution in [2.24, 2.45) is 0 Å². The van der Waals surface area contributed by atoms with Gasteiger partial charge >= 0.3 is 66.7 Å². The van der Waals surface area contributed by atoms with Crippen LogP contribution in [-0.4, -0.2) is 37.0 Å². The number of rotatable bonds is 6. The summed E-state index contributed by atoms with van der Waals surface area (Å²) in [6.07, 6.45) is 7.62. The molecule has 0 aliphatic heterocycles. The van der Waals surface area contributed by atoms with Crippen LogP contribution >= 0.6 is 28.1 Å². The fraction of sp³-hybridized carbons (Fsp3) is 0.857. The second-order valence-corrected chi connectivity index (χ2v) is 21.2. The van der Waals surface area contributed by atoms with Gasteiger partial charge in [-0.05, 0) is 20.8 Å². The van der Waals surface area contributed by atoms with E-state index >= 15 is 0 Å². The molecule has 0 bridgehead atoms. The third-order valence-electron chi connectivity index (χ3n) is 4.38. The largest absolute Gasteiger partial charge is 0.180 e. The topological polar surface area (TPSA) is 0 Å². The quantitative estimate of drug-likeness (QED) is 0.203. The molecular weight excluding hydrogens is 507 g/mol. The van der Waals surface area contributed by atoms with Crippen molar-refractivity contribution in [2.75, 3.05) is 37.0 Å². The van der Waals surface area contributed by atoms with Gasteiger partial charge in [-0.3, -0.25) is 0 Å². The minimum atomic E-state index is -1.56. The molecule has 0 aromatic rings. The molecule has 0 atom stereocenters. The smallest absolute Gasteiger partial charge is 0.0298 e. The molecule has 4 heteroatoms. The molecule has 0 aliphatic rings. The summed E-state index contributed by atoms with van der Waals surface area (Å²) >= 11 is 3.81. The second kappa shape index (κ2) is 10.8. The van der Waals surface area contributed by atoms with E-state index in [0.717, 1.165) is 0 Å². The molecule has 0 spiro atoms. The van der Waals surface area contributed by atoms with Crippen molar-refractivity contribution in [3.8, 4) is 0 Å². The number of halogens is 1. The predicted molar refractivity (Wildman–Crippen MR) is 96.7 cm³/mol. The van der Waals surface area contributed by atoms with Crippen LogP contribution in [0.4, 0.5) is 0 Å². The van der Waals surface area contributed by atoms with E-state index in [-0.39, 0.29) is 22.4 Å². The van der Waals surface area contributed by atoms with Gasteiger partial charge in [0.2, 0.25) is 0 Å². The summed E-state index contributed by atoms with van der Waals surface area (Å²) in [7, 11) is -0.662. The van der Waals surface area contributed by atoms with E-state index in [9.17, 15) is 0 Å². The summed E-state index contributed by atoms with van der Waals surface area (Å²) in [5, 5.41) is -1.56. The van der Waals surface area contributed by atoms with E-state index in [2.05, 4.69) is 70.4 Å². The van der Waals surface area contributed by atoms with Crippen LogP contribution in [-0.2, 0) is 22.4 Å². The standard InChI is InChI=1S/C7H17BrP.C7H17P.Au/c1-5-9(4,8,6-2)7-3;1-5-8(4,6-2)7-3;/h4-7H2,1-3H3;4-7H2,1-3H3;/q-1;;. The Morgan fingerprint density at radius 1 is 0.833 bits per heavy atom. The molecule has 0 saturated heterocycles. The van der Waals surface area contributed by atoms with Crippen molar-refractivity contribution >= 4 is 28.1 Å². The van der Waals surface area contributed by atoms with E-state index in [1.165, 1.54) is 37.0 Å². The number of hydrogen-bond donors (Lipinski definition) is 0. The fourth-order valence-corrected chi connectivity index (χ4v) is 4.02. The Balaban J connectivity index is -0.000000238. The summed E-state index contributed by atoms with van der Waals surface area (Å²) in [6.45, 7) is 22.0. The van der Waals surface area contributed by atoms with Gasteiger partial charge in [0, 0.05) is 40.9 Å². The van der Waals surface area contributed by atoms with Crippen molar-refractivity contribution in [2.45, 2.75) is 41.5 Å². The van der Waals surface area contributed by atoms with Gasteiger partial charge in [-0.1, -0.05) is 0 Å². The normalized spacial score (nSPS) is 13.7. The van der Waals surface area contributed by atoms with Crippen LogP contribution in [0.25, 0.3) is 0 Å². The van der Waals surface area contributed by atoms with E-state index < -0.39 is 12.6 Å². The Labute approximate surface area is 141 Å². The summed E-state index contributed by atoms with van der Waals surface area (Å²) < 4.78 is 0. The Morgan fingerprint density at radius 2 is 1.06 bits per heavy atom. The molecule has 0 aromatic heterocycles. The molecule has 0 N–H and O–H groups in total. The maximum absolute atomic E-state index is 4.30. The molecule has 0 saturated carbocycles. The predicted octanol–water partition coefficient (Wildman–Crippen LogP) is 6.55. The first-order chi connectivity index (χ1) is 7.65. The van der Waals surface area contributed by atoms with Crippen LogP contribution in [0.15, 0.2) is 0 Å². The Morgan fingerprint density at radius 3 is 1.06 bits per heavy atom. The van der Waals surface area contributed by atoms with E-state index in [1.807, 2.05) is 0 Å². The van der Waals surface area contributed by atoms with Gasteiger partial charge in [-0.2, -0.15) is 6.66 Å². The average molecular weight is 541 g/mol. The number of hydrogen-bond acceptors (Lipinski definition) is 0. The van der Waals surface area contributed by atoms with Gasteiger partial charge in [0.25, 0.3) is 0 Å². The zero-order valence-electron chi connectivity index (χ0n) is 13.2. The molecular formula is C14H34AuBrP2-. The van der Waals surface area contributed by atoms with Crippen LogP contribution < -0.4 is 0 Å². The molecule has 18 heavy (non-hydrogen) atoms. The van der Waals surface area contributed by atoms with Crippen molar-refractivity contribution in [1.82, 2.24) is 0 Å². The Bertz CT molecular complexity index is 177. The molecule has 0 aromatic carbocycles. The molecule has 0 heterocycles. The van der Waals surface area contributed by atoms with Crippen LogP contribution in [0.3, 0.4) is 0 Å². The van der Waals surface area contributed by atoms with Crippen LogP contribution in [0.1, 0.15) is 41.5 Å². The average Bonchev–Trinajstić information content (AvgIpc) is 2.39. The fourth-order valence-electron chi connectivity index (χ4n) is 1.34. The third kappa shape index (κ3) is 9.90. The van der Waals surface area contributed by atoms with Gasteiger partial charge in [-0.25, -0.2) is 0 Å². The van der Waals surface area contributed by atoms with Crippen LogP contribution in [0.5, 0.6) is 0 Å². The third-order valence-corrected chi connectivity index (χ3v) is 17.7. The molecule has 0 unspecified atom stereocenters. The van der Waals surface area contributed by atoms with Gasteiger partial charge in [0.1, 0.15) is 0 Å². The van der Waals surface area contributed by atoms with Gasteiger partial charge in [0.05, 0.1) is 0 Å². The molecule has 1 radical (unpaired) electrons. The van der Waals surface area contributed by atoms with Crippen LogP contribution in [0, 0.1) is 13.3 Å². The molecule has 0 fully saturated rings. The first kappa shape index (κ1) is 25.1. The summed E-state index contributed by atoms with van der Waals surface area (Å²) in [6, 6.07) is 0. The van der Waals surface area contributed by atoms with Gasteiger partial charge < -0.3 is 0 Å². The van der Waals surface area contributed by atoms with Crippen LogP contribution in [0.2, 0.25) is 0 Å². The molecule has 0 rings (SSSR count). The van der Waals surface area contributed by atoms with Gasteiger partial charge in [0.15, 0.2) is 0 Å². The van der Waals surface area contributed by atoms with Crippen molar-refractivity contribution < 1.29 is 22.4 Å². The van der Waals surface area contributed by atoms with E-state index in [1.54, 1.807) is 0 Å². The maximum atomic E-state index is 4.30. The summed E-state index contributed by atoms with van der Waals surface area (Å²) in [5.74, 6) is 0. The van der Waals surface area contributed by atoms with Crippen molar-refractivity contribution in [3.05, 3.63) is 13.3 Å². The second-order valence-electron chi connectivity index (χ2n) is 5.06. The first-order valence-corrected chi connectivity index (χ1v) is 14.5. The van der Waals surface area contributed by atoms with E-state index in [0.29, 0.717) is 0 Å². The van der Waals surface area contributed by atoms with Crippen molar-refractivity contribution in [1.29, 1.82) is 0 Å². The molecule has 0 amide bonds. The minimum Gasteiger partial charge on any atom is -0.180 e. The Hall–Kier alpha value is 2.08. The Kier molecular flexibility index (Phi) is 15.0. The summed E-state index contributed by atoms with van der Waals surface area (Å²) in [4.78, 5) is 0. The first-order valence-electron chi connectivity index (χ1n) is 6.94. The minimum absolute atomic E-state index is 0. The zero-order chi connectivity index (χ0) is 14.2. The monoisotopic (exact) mass is 540 g/mol. The molecule has 0 nitrogen and oxygen atoms in total. The summed E-state index contributed by atoms with van der Waals surface area (Å²) in [5.41, 5.74) is 0. The van der Waals surface area contributed by atoms with Crippen molar-refractivity contribution in [3.63, 3.8) is 0 Å². The molecule has 119 valence electrons. The van der Waals surface area contributed by atoms with E-state index in [4.69, 9.17) is 0 Å². The SMILES string of the molecule is [Au].[CH2-]P(Br)(CC)(CC)CC.[CH2-][P+](CC)(CC)CC. The van der Waals surface area contributed by atoms with Gasteiger partial charge in [-0.15, -0.1) is 7.26 Å².